The third-order valence-electron chi connectivity index (χ3n) is 2.31. The van der Waals surface area contributed by atoms with Crippen molar-refractivity contribution in [1.29, 1.82) is 0 Å². The lowest BCUT2D eigenvalue weighted by molar-refractivity contribution is -0.142. The summed E-state index contributed by atoms with van der Waals surface area (Å²) in [6.07, 6.45) is 1.27. The number of rotatable bonds is 6. The summed E-state index contributed by atoms with van der Waals surface area (Å²) < 4.78 is 29.0. The Labute approximate surface area is 126 Å². The van der Waals surface area contributed by atoms with Crippen LogP contribution in [0.3, 0.4) is 0 Å². The molecule has 1 aromatic rings. The van der Waals surface area contributed by atoms with Gasteiger partial charge in [-0.3, -0.25) is 4.79 Å². The van der Waals surface area contributed by atoms with E-state index in [4.69, 9.17) is 4.74 Å². The first-order valence-corrected chi connectivity index (χ1v) is 8.28. The van der Waals surface area contributed by atoms with Crippen molar-refractivity contribution in [3.8, 4) is 0 Å². The Balaban J connectivity index is 0.00000122. The van der Waals surface area contributed by atoms with Gasteiger partial charge in [-0.1, -0.05) is 36.4 Å². The normalized spacial score (nSPS) is 11.8. The van der Waals surface area contributed by atoms with Gasteiger partial charge < -0.3 is 10.1 Å². The average molecular weight is 313 g/mol. The van der Waals surface area contributed by atoms with Gasteiger partial charge in [0.25, 0.3) is 0 Å². The number of sulfone groups is 1. The monoisotopic (exact) mass is 313 g/mol. The highest BCUT2D eigenvalue weighted by atomic mass is 32.2. The summed E-state index contributed by atoms with van der Waals surface area (Å²) in [6.45, 7) is 5.18. The lowest BCUT2D eigenvalue weighted by Crippen LogP contribution is -2.26. The van der Waals surface area contributed by atoms with Crippen LogP contribution in [0.4, 0.5) is 0 Å². The van der Waals surface area contributed by atoms with Crippen molar-refractivity contribution < 1.29 is 17.9 Å². The average Bonchev–Trinajstić information content (AvgIpc) is 2.40. The predicted molar refractivity (Wildman–Crippen MR) is 84.8 cm³/mol. The van der Waals surface area contributed by atoms with Crippen LogP contribution in [0.5, 0.6) is 0 Å². The predicted octanol–water partition coefficient (Wildman–Crippen LogP) is 1.73. The minimum Gasteiger partial charge on any atom is -0.465 e. The maximum absolute atomic E-state index is 12.1. The van der Waals surface area contributed by atoms with Gasteiger partial charge in [0.2, 0.25) is 0 Å². The molecular formula is C15H23NO4S. The van der Waals surface area contributed by atoms with E-state index >= 15 is 0 Å². The second kappa shape index (κ2) is 10.1. The standard InChI is InChI=1S/C13H16O4S.C2H7N/c1-3-10-18(15,16)12(13(14)17-4-2)11-8-6-5-7-9-11;1-3-2/h3,5-9,12H,1,4,10H2,2H3;3H,1-2H3. The van der Waals surface area contributed by atoms with E-state index in [1.165, 1.54) is 6.08 Å². The van der Waals surface area contributed by atoms with Gasteiger partial charge in [0.15, 0.2) is 15.1 Å². The highest BCUT2D eigenvalue weighted by Crippen LogP contribution is 2.24. The number of benzene rings is 1. The number of hydrogen-bond acceptors (Lipinski definition) is 5. The van der Waals surface area contributed by atoms with Crippen molar-refractivity contribution in [1.82, 2.24) is 5.32 Å². The van der Waals surface area contributed by atoms with Crippen LogP contribution in [0.2, 0.25) is 0 Å². The fraction of sp³-hybridized carbons (Fsp3) is 0.400. The Morgan fingerprint density at radius 1 is 1.33 bits per heavy atom. The summed E-state index contributed by atoms with van der Waals surface area (Å²) in [5.41, 5.74) is 0.415. The maximum atomic E-state index is 12.1. The Kier molecular flexibility index (Phi) is 9.32. The molecule has 21 heavy (non-hydrogen) atoms. The second-order valence-corrected chi connectivity index (χ2v) is 6.29. The summed E-state index contributed by atoms with van der Waals surface area (Å²) in [7, 11) is 0.110. The van der Waals surface area contributed by atoms with Crippen LogP contribution in [-0.4, -0.2) is 40.8 Å². The van der Waals surface area contributed by atoms with E-state index in [2.05, 4.69) is 11.9 Å². The molecule has 0 radical (unpaired) electrons. The molecule has 6 heteroatoms. The zero-order valence-corrected chi connectivity index (χ0v) is 13.5. The number of ether oxygens (including phenoxy) is 1. The Morgan fingerprint density at radius 2 is 1.86 bits per heavy atom. The van der Waals surface area contributed by atoms with Crippen LogP contribution in [0.25, 0.3) is 0 Å². The Bertz CT molecular complexity index is 526. The molecular weight excluding hydrogens is 290 g/mol. The van der Waals surface area contributed by atoms with E-state index in [9.17, 15) is 13.2 Å². The molecule has 0 bridgehead atoms. The molecule has 0 aliphatic heterocycles. The van der Waals surface area contributed by atoms with Crippen LogP contribution in [0.15, 0.2) is 43.0 Å². The summed E-state index contributed by atoms with van der Waals surface area (Å²) >= 11 is 0. The van der Waals surface area contributed by atoms with E-state index in [1.54, 1.807) is 37.3 Å². The molecule has 0 aliphatic rings. The summed E-state index contributed by atoms with van der Waals surface area (Å²) in [4.78, 5) is 11.8. The Hall–Kier alpha value is -1.66. The van der Waals surface area contributed by atoms with Crippen molar-refractivity contribution in [2.45, 2.75) is 12.2 Å². The maximum Gasteiger partial charge on any atom is 0.328 e. The second-order valence-electron chi connectivity index (χ2n) is 4.16. The van der Waals surface area contributed by atoms with Crippen molar-refractivity contribution in [2.24, 2.45) is 0 Å². The first-order chi connectivity index (χ1) is 9.94. The molecule has 5 nitrogen and oxygen atoms in total. The van der Waals surface area contributed by atoms with Gasteiger partial charge in [-0.05, 0) is 26.6 Å². The topological polar surface area (TPSA) is 72.5 Å². The van der Waals surface area contributed by atoms with Crippen molar-refractivity contribution in [3.63, 3.8) is 0 Å². The zero-order valence-electron chi connectivity index (χ0n) is 12.7. The van der Waals surface area contributed by atoms with Gasteiger partial charge in [-0.25, -0.2) is 8.42 Å². The molecule has 1 atom stereocenters. The molecule has 0 amide bonds. The fourth-order valence-corrected chi connectivity index (χ4v) is 3.05. The summed E-state index contributed by atoms with van der Waals surface area (Å²) in [5, 5.41) is 1.47. The van der Waals surface area contributed by atoms with Gasteiger partial charge in [0.05, 0.1) is 12.4 Å². The molecule has 0 fully saturated rings. The lowest BCUT2D eigenvalue weighted by atomic mass is 10.1. The van der Waals surface area contributed by atoms with Crippen LogP contribution in [-0.2, 0) is 19.4 Å². The third-order valence-corrected chi connectivity index (χ3v) is 4.20. The highest BCUT2D eigenvalue weighted by Gasteiger charge is 2.34. The molecule has 1 aromatic carbocycles. The molecule has 0 spiro atoms. The van der Waals surface area contributed by atoms with Gasteiger partial charge in [0, 0.05) is 0 Å². The zero-order chi connectivity index (χ0) is 16.3. The number of nitrogens with one attached hydrogen (secondary N) is 1. The van der Waals surface area contributed by atoms with Gasteiger partial charge >= 0.3 is 5.97 Å². The van der Waals surface area contributed by atoms with Crippen LogP contribution < -0.4 is 5.32 Å². The van der Waals surface area contributed by atoms with E-state index in [0.29, 0.717) is 5.56 Å². The van der Waals surface area contributed by atoms with E-state index in [0.717, 1.165) is 0 Å². The fourth-order valence-electron chi connectivity index (χ4n) is 1.60. The highest BCUT2D eigenvalue weighted by molar-refractivity contribution is 7.92. The summed E-state index contributed by atoms with van der Waals surface area (Å²) in [5.74, 6) is -1.00. The van der Waals surface area contributed by atoms with E-state index in [-0.39, 0.29) is 12.4 Å². The van der Waals surface area contributed by atoms with Gasteiger partial charge in [-0.2, -0.15) is 0 Å². The minimum absolute atomic E-state index is 0.145. The third kappa shape index (κ3) is 6.55. The van der Waals surface area contributed by atoms with Crippen LogP contribution in [0.1, 0.15) is 17.7 Å². The van der Waals surface area contributed by atoms with E-state index in [1.807, 2.05) is 14.1 Å². The molecule has 118 valence electrons. The van der Waals surface area contributed by atoms with Crippen molar-refractivity contribution in [3.05, 3.63) is 48.6 Å². The molecule has 1 rings (SSSR count). The smallest absolute Gasteiger partial charge is 0.328 e. The number of hydrogen-bond donors (Lipinski definition) is 1. The molecule has 0 heterocycles. The molecule has 0 saturated heterocycles. The van der Waals surface area contributed by atoms with Crippen molar-refractivity contribution in [2.75, 3.05) is 26.5 Å². The number of carbonyl (C=O) groups is 1. The van der Waals surface area contributed by atoms with Gasteiger partial charge in [0.1, 0.15) is 0 Å². The van der Waals surface area contributed by atoms with Crippen LogP contribution >= 0.6 is 0 Å². The first-order valence-electron chi connectivity index (χ1n) is 6.57. The van der Waals surface area contributed by atoms with Crippen LogP contribution in [0, 0.1) is 0 Å². The molecule has 0 saturated carbocycles. The van der Waals surface area contributed by atoms with Crippen molar-refractivity contribution >= 4 is 15.8 Å². The van der Waals surface area contributed by atoms with E-state index < -0.39 is 21.1 Å². The Morgan fingerprint density at radius 3 is 2.29 bits per heavy atom. The lowest BCUT2D eigenvalue weighted by Gasteiger charge is -2.15. The SMILES string of the molecule is C=CCS(=O)(=O)C(C(=O)OCC)c1ccccc1.CNC. The summed E-state index contributed by atoms with van der Waals surface area (Å²) in [6, 6.07) is 8.33. The number of carbonyl (C=O) groups excluding carboxylic acids is 1. The quantitative estimate of drug-likeness (QED) is 0.639. The number of esters is 1. The molecule has 1 unspecified atom stereocenters. The minimum atomic E-state index is -3.64. The van der Waals surface area contributed by atoms with Gasteiger partial charge in [-0.15, -0.1) is 6.58 Å². The first kappa shape index (κ1) is 19.3. The molecule has 1 N–H and O–H groups in total. The molecule has 0 aliphatic carbocycles. The molecule has 0 aromatic heterocycles. The largest absolute Gasteiger partial charge is 0.465 e.